The first-order valence-corrected chi connectivity index (χ1v) is 14.2. The number of amides is 1. The van der Waals surface area contributed by atoms with Crippen molar-refractivity contribution in [1.29, 1.82) is 0 Å². The van der Waals surface area contributed by atoms with Crippen LogP contribution in [-0.4, -0.2) is 44.0 Å². The van der Waals surface area contributed by atoms with E-state index in [4.69, 9.17) is 9.47 Å². The maximum absolute atomic E-state index is 13.3. The summed E-state index contributed by atoms with van der Waals surface area (Å²) < 4.78 is 24.1. The zero-order valence-electron chi connectivity index (χ0n) is 24.1. The molecule has 0 spiro atoms. The number of methoxy groups -OCH3 is 1. The first-order chi connectivity index (χ1) is 20.9. The number of carbonyl (C=O) groups excluding carboxylic acids is 3. The van der Waals surface area contributed by atoms with Gasteiger partial charge in [0, 0.05) is 36.2 Å². The van der Waals surface area contributed by atoms with Gasteiger partial charge in [-0.1, -0.05) is 66.7 Å². The predicted molar refractivity (Wildman–Crippen MR) is 164 cm³/mol. The largest absolute Gasteiger partial charge is 0.494 e. The quantitative estimate of drug-likeness (QED) is 0.105. The highest BCUT2D eigenvalue weighted by atomic mass is 19.1. The van der Waals surface area contributed by atoms with Crippen molar-refractivity contribution >= 4 is 23.3 Å². The van der Waals surface area contributed by atoms with E-state index in [1.54, 1.807) is 42.5 Å². The number of ketones is 1. The second kappa shape index (κ2) is 15.9. The van der Waals surface area contributed by atoms with Gasteiger partial charge in [0.2, 0.25) is 5.91 Å². The van der Waals surface area contributed by atoms with Crippen molar-refractivity contribution in [2.75, 3.05) is 25.6 Å². The van der Waals surface area contributed by atoms with E-state index in [0.717, 1.165) is 11.1 Å². The monoisotopic (exact) mass is 582 g/mol. The number of nitrogens with one attached hydrogen (secondary N) is 2. The van der Waals surface area contributed by atoms with Gasteiger partial charge in [-0.3, -0.25) is 9.59 Å². The number of carbonyl (C=O) groups is 3. The highest BCUT2D eigenvalue weighted by molar-refractivity contribution is 6.12. The van der Waals surface area contributed by atoms with Crippen molar-refractivity contribution in [3.05, 3.63) is 131 Å². The second-order valence-electron chi connectivity index (χ2n) is 9.99. The van der Waals surface area contributed by atoms with Crippen molar-refractivity contribution in [3.63, 3.8) is 0 Å². The van der Waals surface area contributed by atoms with Crippen molar-refractivity contribution in [2.24, 2.45) is 0 Å². The van der Waals surface area contributed by atoms with Gasteiger partial charge < -0.3 is 20.1 Å². The Morgan fingerprint density at radius 2 is 1.58 bits per heavy atom. The molecule has 0 aromatic heterocycles. The molecule has 222 valence electrons. The summed E-state index contributed by atoms with van der Waals surface area (Å²) in [5.74, 6) is -0.310. The van der Waals surface area contributed by atoms with Crippen LogP contribution >= 0.6 is 0 Å². The van der Waals surface area contributed by atoms with E-state index in [2.05, 4.69) is 10.6 Å². The summed E-state index contributed by atoms with van der Waals surface area (Å²) in [6, 6.07) is 29.0. The minimum Gasteiger partial charge on any atom is -0.494 e. The molecule has 0 fully saturated rings. The Labute approximate surface area is 251 Å². The van der Waals surface area contributed by atoms with E-state index in [0.29, 0.717) is 61.4 Å². The van der Waals surface area contributed by atoms with Gasteiger partial charge in [0.05, 0.1) is 13.7 Å². The number of aryl methyl sites for hydroxylation is 1. The molecule has 0 aliphatic heterocycles. The molecule has 7 nitrogen and oxygen atoms in total. The SMILES string of the molecule is COC(=O)[C@H](Cc1ccc(OCCCNC(=O)CCc2cccc(F)c2)cc1)Nc1ccccc1C(=O)c1ccccc1. The number of halogens is 1. The Bertz CT molecular complexity index is 1510. The lowest BCUT2D eigenvalue weighted by Crippen LogP contribution is -2.33. The molecule has 0 heterocycles. The lowest BCUT2D eigenvalue weighted by atomic mass is 10.00. The number of hydrogen-bond acceptors (Lipinski definition) is 6. The number of rotatable bonds is 15. The number of para-hydroxylation sites is 1. The summed E-state index contributed by atoms with van der Waals surface area (Å²) in [5.41, 5.74) is 3.25. The van der Waals surface area contributed by atoms with E-state index in [9.17, 15) is 18.8 Å². The summed E-state index contributed by atoms with van der Waals surface area (Å²) in [7, 11) is 1.34. The third-order valence-electron chi connectivity index (χ3n) is 6.83. The topological polar surface area (TPSA) is 93.7 Å². The third kappa shape index (κ3) is 9.53. The lowest BCUT2D eigenvalue weighted by molar-refractivity contribution is -0.141. The Morgan fingerprint density at radius 3 is 2.33 bits per heavy atom. The highest BCUT2D eigenvalue weighted by Crippen LogP contribution is 2.22. The molecule has 4 aromatic rings. The Balaban J connectivity index is 1.25. The minimum absolute atomic E-state index is 0.0885. The molecular weight excluding hydrogens is 547 g/mol. The Morgan fingerprint density at radius 1 is 0.837 bits per heavy atom. The molecule has 4 rings (SSSR count). The number of hydrogen-bond donors (Lipinski definition) is 2. The van der Waals surface area contributed by atoms with Crippen LogP contribution in [0, 0.1) is 5.82 Å². The second-order valence-corrected chi connectivity index (χ2v) is 9.99. The standard InChI is InChI=1S/C35H35FN2O5/c1-42-35(41)32(38-31-14-6-5-13-30(31)34(40)27-10-3-2-4-11-27)24-26-15-18-29(19-16-26)43-22-8-21-37-33(39)20-17-25-9-7-12-28(36)23-25/h2-7,9-16,18-19,23,32,38H,8,17,20-22,24H2,1H3,(H,37,39)/t32-/m0/s1. The van der Waals surface area contributed by atoms with Crippen molar-refractivity contribution < 1.29 is 28.2 Å². The summed E-state index contributed by atoms with van der Waals surface area (Å²) in [6.07, 6.45) is 1.74. The maximum atomic E-state index is 13.3. The molecule has 0 radical (unpaired) electrons. The molecule has 0 unspecified atom stereocenters. The number of esters is 1. The predicted octanol–water partition coefficient (Wildman–Crippen LogP) is 5.77. The minimum atomic E-state index is -0.717. The van der Waals surface area contributed by atoms with E-state index >= 15 is 0 Å². The summed E-state index contributed by atoms with van der Waals surface area (Å²) in [6.45, 7) is 0.892. The van der Waals surface area contributed by atoms with Crippen LogP contribution in [0.4, 0.5) is 10.1 Å². The Kier molecular flexibility index (Phi) is 11.4. The smallest absolute Gasteiger partial charge is 0.328 e. The zero-order chi connectivity index (χ0) is 30.4. The van der Waals surface area contributed by atoms with E-state index in [-0.39, 0.29) is 17.5 Å². The third-order valence-corrected chi connectivity index (χ3v) is 6.83. The van der Waals surface area contributed by atoms with Crippen molar-refractivity contribution in [1.82, 2.24) is 5.32 Å². The summed E-state index contributed by atoms with van der Waals surface area (Å²) in [5, 5.41) is 6.07. The van der Waals surface area contributed by atoms with Crippen LogP contribution in [0.2, 0.25) is 0 Å². The molecule has 4 aromatic carbocycles. The van der Waals surface area contributed by atoms with E-state index in [1.165, 1.54) is 19.2 Å². The van der Waals surface area contributed by atoms with Crippen LogP contribution in [-0.2, 0) is 27.2 Å². The fourth-order valence-corrected chi connectivity index (χ4v) is 4.56. The normalized spacial score (nSPS) is 11.3. The Hall–Kier alpha value is -4.98. The fourth-order valence-electron chi connectivity index (χ4n) is 4.56. The molecule has 0 aliphatic carbocycles. The molecule has 43 heavy (non-hydrogen) atoms. The van der Waals surface area contributed by atoms with Crippen LogP contribution in [0.5, 0.6) is 5.75 Å². The summed E-state index contributed by atoms with van der Waals surface area (Å²) in [4.78, 5) is 37.9. The van der Waals surface area contributed by atoms with Crippen molar-refractivity contribution in [2.45, 2.75) is 31.7 Å². The van der Waals surface area contributed by atoms with Gasteiger partial charge in [0.1, 0.15) is 17.6 Å². The van der Waals surface area contributed by atoms with Crippen LogP contribution in [0.15, 0.2) is 103 Å². The van der Waals surface area contributed by atoms with Gasteiger partial charge in [-0.05, 0) is 60.4 Å². The highest BCUT2D eigenvalue weighted by Gasteiger charge is 2.22. The van der Waals surface area contributed by atoms with Gasteiger partial charge >= 0.3 is 5.97 Å². The molecule has 8 heteroatoms. The van der Waals surface area contributed by atoms with Gasteiger partial charge in [-0.15, -0.1) is 0 Å². The number of benzene rings is 4. The maximum Gasteiger partial charge on any atom is 0.328 e. The van der Waals surface area contributed by atoms with Gasteiger partial charge in [-0.2, -0.15) is 0 Å². The average Bonchev–Trinajstić information content (AvgIpc) is 3.04. The zero-order valence-corrected chi connectivity index (χ0v) is 24.1. The molecule has 0 saturated heterocycles. The van der Waals surface area contributed by atoms with Crippen LogP contribution in [0.3, 0.4) is 0 Å². The molecule has 2 N–H and O–H groups in total. The molecule has 0 bridgehead atoms. The van der Waals surface area contributed by atoms with Gasteiger partial charge in [0.25, 0.3) is 0 Å². The number of anilines is 1. The molecule has 1 amide bonds. The molecule has 1 atom stereocenters. The first kappa shape index (κ1) is 31.0. The van der Waals surface area contributed by atoms with E-state index < -0.39 is 12.0 Å². The first-order valence-electron chi connectivity index (χ1n) is 14.2. The van der Waals surface area contributed by atoms with Crippen LogP contribution in [0.1, 0.15) is 39.9 Å². The average molecular weight is 583 g/mol. The molecular formula is C35H35FN2O5. The molecule has 0 aliphatic rings. The van der Waals surface area contributed by atoms with Gasteiger partial charge in [0.15, 0.2) is 5.78 Å². The van der Waals surface area contributed by atoms with Gasteiger partial charge in [-0.25, -0.2) is 9.18 Å². The fraction of sp³-hybridized carbons (Fsp3) is 0.229. The van der Waals surface area contributed by atoms with Crippen LogP contribution < -0.4 is 15.4 Å². The van der Waals surface area contributed by atoms with E-state index in [1.807, 2.05) is 48.5 Å². The van der Waals surface area contributed by atoms with Crippen LogP contribution in [0.25, 0.3) is 0 Å². The molecule has 0 saturated carbocycles. The number of ether oxygens (including phenoxy) is 2. The summed E-state index contributed by atoms with van der Waals surface area (Å²) >= 11 is 0. The van der Waals surface area contributed by atoms with Crippen molar-refractivity contribution in [3.8, 4) is 5.75 Å². The lowest BCUT2D eigenvalue weighted by Gasteiger charge is -2.20.